The smallest absolute Gasteiger partial charge is 0.345 e. The summed E-state index contributed by atoms with van der Waals surface area (Å²) in [5, 5.41) is 2.85. The highest BCUT2D eigenvalue weighted by Crippen LogP contribution is 2.29. The number of carbonyl (C=O) groups is 2. The number of benzene rings is 2. The summed E-state index contributed by atoms with van der Waals surface area (Å²) in [6.07, 6.45) is 3.74. The Morgan fingerprint density at radius 2 is 1.66 bits per heavy atom. The molecule has 6 heteroatoms. The highest BCUT2D eigenvalue weighted by Gasteiger charge is 2.31. The zero-order valence-corrected chi connectivity index (χ0v) is 16.6. The van der Waals surface area contributed by atoms with E-state index in [0.29, 0.717) is 29.2 Å². The summed E-state index contributed by atoms with van der Waals surface area (Å²) < 4.78 is 16.1. The maximum Gasteiger partial charge on any atom is 0.345 e. The van der Waals surface area contributed by atoms with Crippen LogP contribution in [0.25, 0.3) is 0 Å². The van der Waals surface area contributed by atoms with Crippen LogP contribution in [0, 0.1) is 0 Å². The molecule has 0 fully saturated rings. The van der Waals surface area contributed by atoms with Crippen LogP contribution in [0.5, 0.6) is 11.5 Å². The molecule has 2 aromatic carbocycles. The summed E-state index contributed by atoms with van der Waals surface area (Å²) in [6, 6.07) is 15.5. The van der Waals surface area contributed by atoms with E-state index in [9.17, 15) is 9.59 Å². The Bertz CT molecular complexity index is 947. The number of hydrogen-bond donors (Lipinski definition) is 1. The number of hydrogen-bond acceptors (Lipinski definition) is 5. The summed E-state index contributed by atoms with van der Waals surface area (Å²) in [4.78, 5) is 25.5. The van der Waals surface area contributed by atoms with Crippen LogP contribution in [-0.2, 0) is 9.53 Å². The van der Waals surface area contributed by atoms with Gasteiger partial charge in [0.25, 0.3) is 5.91 Å². The van der Waals surface area contributed by atoms with Gasteiger partial charge in [-0.05, 0) is 49.4 Å². The van der Waals surface area contributed by atoms with Crippen molar-refractivity contribution in [3.8, 4) is 11.5 Å². The first-order valence-corrected chi connectivity index (χ1v) is 9.14. The van der Waals surface area contributed by atoms with Gasteiger partial charge in [0.2, 0.25) is 0 Å². The lowest BCUT2D eigenvalue weighted by Gasteiger charge is -2.30. The first-order chi connectivity index (χ1) is 13.9. The van der Waals surface area contributed by atoms with E-state index >= 15 is 0 Å². The van der Waals surface area contributed by atoms with Crippen molar-refractivity contribution < 1.29 is 23.8 Å². The molecule has 1 aliphatic carbocycles. The number of methoxy groups -OCH3 is 2. The van der Waals surface area contributed by atoms with Crippen molar-refractivity contribution >= 4 is 11.9 Å². The molecule has 1 aliphatic rings. The Hall–Kier alpha value is -3.38. The molecule has 0 saturated carbocycles. The molecule has 0 saturated heterocycles. The standard InChI is InChI=1S/C23H23NO5/c1-23(28-3)14-13-19(22(26)29-18-7-5-4-6-8-18)20(15-23)24-21(25)16-9-11-17(27-2)12-10-16/h4-14H,15H2,1-3H3,(H,24,25). The Morgan fingerprint density at radius 3 is 2.28 bits per heavy atom. The second-order valence-corrected chi connectivity index (χ2v) is 6.80. The maximum atomic E-state index is 12.7. The number of esters is 1. The Morgan fingerprint density at radius 1 is 0.966 bits per heavy atom. The lowest BCUT2D eigenvalue weighted by molar-refractivity contribution is -0.129. The van der Waals surface area contributed by atoms with E-state index in [1.165, 1.54) is 0 Å². The third-order valence-corrected chi connectivity index (χ3v) is 4.71. The highest BCUT2D eigenvalue weighted by molar-refractivity contribution is 5.99. The summed E-state index contributed by atoms with van der Waals surface area (Å²) in [6.45, 7) is 1.88. The molecule has 1 atom stereocenters. The third kappa shape index (κ3) is 4.92. The van der Waals surface area contributed by atoms with Gasteiger partial charge in [0.15, 0.2) is 0 Å². The number of ether oxygens (including phenoxy) is 3. The van der Waals surface area contributed by atoms with Crippen molar-refractivity contribution in [3.63, 3.8) is 0 Å². The number of para-hydroxylation sites is 1. The van der Waals surface area contributed by atoms with Crippen LogP contribution in [0.15, 0.2) is 78.0 Å². The number of nitrogens with one attached hydrogen (secondary N) is 1. The second-order valence-electron chi connectivity index (χ2n) is 6.80. The zero-order chi connectivity index (χ0) is 20.9. The minimum Gasteiger partial charge on any atom is -0.497 e. The van der Waals surface area contributed by atoms with E-state index in [-0.39, 0.29) is 11.5 Å². The summed E-state index contributed by atoms with van der Waals surface area (Å²) in [5.74, 6) is 0.205. The predicted octanol–water partition coefficient (Wildman–Crippen LogP) is 3.65. The van der Waals surface area contributed by atoms with Crippen LogP contribution in [-0.4, -0.2) is 31.7 Å². The monoisotopic (exact) mass is 393 g/mol. The van der Waals surface area contributed by atoms with E-state index in [1.54, 1.807) is 74.9 Å². The molecule has 29 heavy (non-hydrogen) atoms. The van der Waals surface area contributed by atoms with Crippen LogP contribution in [0.4, 0.5) is 0 Å². The van der Waals surface area contributed by atoms with E-state index in [1.807, 2.05) is 13.0 Å². The average molecular weight is 393 g/mol. The summed E-state index contributed by atoms with van der Waals surface area (Å²) in [5.41, 5.74) is 0.533. The SMILES string of the molecule is COc1ccc(C(=O)NC2=C(C(=O)Oc3ccccc3)C=CC(C)(OC)C2)cc1. The van der Waals surface area contributed by atoms with Gasteiger partial charge in [0.1, 0.15) is 11.5 Å². The Kier molecular flexibility index (Phi) is 6.14. The van der Waals surface area contributed by atoms with Crippen LogP contribution < -0.4 is 14.8 Å². The normalized spacial score (nSPS) is 18.3. The summed E-state index contributed by atoms with van der Waals surface area (Å²) >= 11 is 0. The molecule has 3 rings (SSSR count). The van der Waals surface area contributed by atoms with E-state index < -0.39 is 11.6 Å². The van der Waals surface area contributed by atoms with E-state index in [2.05, 4.69) is 5.32 Å². The van der Waals surface area contributed by atoms with Gasteiger partial charge in [0, 0.05) is 24.8 Å². The first kappa shape index (κ1) is 20.4. The molecule has 0 bridgehead atoms. The number of rotatable bonds is 6. The molecule has 2 aromatic rings. The quantitative estimate of drug-likeness (QED) is 0.599. The van der Waals surface area contributed by atoms with Gasteiger partial charge in [-0.2, -0.15) is 0 Å². The van der Waals surface area contributed by atoms with Gasteiger partial charge in [-0.3, -0.25) is 4.79 Å². The van der Waals surface area contributed by atoms with Gasteiger partial charge in [-0.1, -0.05) is 24.3 Å². The lowest BCUT2D eigenvalue weighted by atomic mass is 9.90. The van der Waals surface area contributed by atoms with Gasteiger partial charge in [-0.25, -0.2) is 4.79 Å². The van der Waals surface area contributed by atoms with Gasteiger partial charge >= 0.3 is 5.97 Å². The Balaban J connectivity index is 1.86. The maximum absolute atomic E-state index is 12.7. The Labute approximate surface area is 169 Å². The first-order valence-electron chi connectivity index (χ1n) is 9.14. The van der Waals surface area contributed by atoms with Crippen LogP contribution in [0.2, 0.25) is 0 Å². The van der Waals surface area contributed by atoms with E-state index in [0.717, 1.165) is 0 Å². The molecule has 0 aromatic heterocycles. The molecule has 150 valence electrons. The minimum atomic E-state index is -0.640. The van der Waals surface area contributed by atoms with Crippen molar-refractivity contribution in [2.75, 3.05) is 14.2 Å². The number of amides is 1. The molecule has 6 nitrogen and oxygen atoms in total. The lowest BCUT2D eigenvalue weighted by Crippen LogP contribution is -2.36. The third-order valence-electron chi connectivity index (χ3n) is 4.71. The van der Waals surface area contributed by atoms with Crippen molar-refractivity contribution in [2.45, 2.75) is 18.9 Å². The van der Waals surface area contributed by atoms with Gasteiger partial charge in [-0.15, -0.1) is 0 Å². The fourth-order valence-electron chi connectivity index (χ4n) is 2.91. The van der Waals surface area contributed by atoms with Crippen LogP contribution >= 0.6 is 0 Å². The molecule has 0 radical (unpaired) electrons. The van der Waals surface area contributed by atoms with E-state index in [4.69, 9.17) is 14.2 Å². The molecular weight excluding hydrogens is 370 g/mol. The summed E-state index contributed by atoms with van der Waals surface area (Å²) in [7, 11) is 3.14. The molecule has 1 amide bonds. The van der Waals surface area contributed by atoms with Crippen molar-refractivity contribution in [3.05, 3.63) is 83.6 Å². The van der Waals surface area contributed by atoms with Crippen LogP contribution in [0.1, 0.15) is 23.7 Å². The zero-order valence-electron chi connectivity index (χ0n) is 16.6. The molecule has 0 spiro atoms. The molecular formula is C23H23NO5. The molecule has 0 heterocycles. The average Bonchev–Trinajstić information content (AvgIpc) is 2.74. The van der Waals surface area contributed by atoms with Crippen molar-refractivity contribution in [1.29, 1.82) is 0 Å². The molecule has 1 unspecified atom stereocenters. The van der Waals surface area contributed by atoms with Crippen molar-refractivity contribution in [2.24, 2.45) is 0 Å². The largest absolute Gasteiger partial charge is 0.497 e. The molecule has 0 aliphatic heterocycles. The minimum absolute atomic E-state index is 0.283. The topological polar surface area (TPSA) is 73.9 Å². The number of carbonyl (C=O) groups excluding carboxylic acids is 2. The predicted molar refractivity (Wildman–Crippen MR) is 109 cm³/mol. The van der Waals surface area contributed by atoms with Gasteiger partial charge in [0.05, 0.1) is 18.3 Å². The van der Waals surface area contributed by atoms with Crippen LogP contribution in [0.3, 0.4) is 0 Å². The fraction of sp³-hybridized carbons (Fsp3) is 0.217. The van der Waals surface area contributed by atoms with Gasteiger partial charge < -0.3 is 19.5 Å². The molecule has 1 N–H and O–H groups in total. The van der Waals surface area contributed by atoms with Crippen molar-refractivity contribution in [1.82, 2.24) is 5.32 Å². The second kappa shape index (κ2) is 8.75. The highest BCUT2D eigenvalue weighted by atomic mass is 16.5. The fourth-order valence-corrected chi connectivity index (χ4v) is 2.91.